The van der Waals surface area contributed by atoms with E-state index in [4.69, 9.17) is 9.84 Å². The van der Waals surface area contributed by atoms with Crippen molar-refractivity contribution < 1.29 is 38.9 Å². The van der Waals surface area contributed by atoms with Gasteiger partial charge in [-0.3, -0.25) is 19.3 Å². The predicted molar refractivity (Wildman–Crippen MR) is 142 cm³/mol. The minimum absolute atomic E-state index is 0.00325. The van der Waals surface area contributed by atoms with Crippen LogP contribution in [0, 0.1) is 5.92 Å². The van der Waals surface area contributed by atoms with Gasteiger partial charge in [0.15, 0.2) is 0 Å². The smallest absolute Gasteiger partial charge is 0.410 e. The first-order valence-electron chi connectivity index (χ1n) is 12.4. The van der Waals surface area contributed by atoms with Crippen LogP contribution in [0.3, 0.4) is 0 Å². The number of likely N-dealkylation sites (N-methyl/N-ethyl adjacent to an activating group) is 2. The third kappa shape index (κ3) is 9.13. The molecule has 0 saturated carbocycles. The third-order valence-corrected chi connectivity index (χ3v) is 6.18. The molecule has 0 saturated heterocycles. The van der Waals surface area contributed by atoms with E-state index in [1.165, 1.54) is 19.0 Å². The van der Waals surface area contributed by atoms with Crippen molar-refractivity contribution in [2.75, 3.05) is 14.1 Å². The normalized spacial score (nSPS) is 13.1. The standard InChI is InChI=1S/C28H35N3O8/c1-18(2)24(25(34)29-21(27(36)37)16-23(32)33)31(4)26(35)22(15-19-11-7-5-8-12-19)30(3)28(38)39-17-20-13-9-6-10-14-20/h5-14,18,21-22,24H,15-17H2,1-4H3,(H,29,34)(H,32,33)(H,36,37)/t21-,22-,24-/m0/s1. The average molecular weight is 542 g/mol. The molecule has 11 heteroatoms. The number of carbonyl (C=O) groups is 5. The molecular formula is C28H35N3O8. The van der Waals surface area contributed by atoms with Crippen LogP contribution in [0.4, 0.5) is 4.79 Å². The molecule has 39 heavy (non-hydrogen) atoms. The van der Waals surface area contributed by atoms with Gasteiger partial charge in [-0.15, -0.1) is 0 Å². The van der Waals surface area contributed by atoms with Gasteiger partial charge in [-0.1, -0.05) is 74.5 Å². The number of hydrogen-bond acceptors (Lipinski definition) is 6. The highest BCUT2D eigenvalue weighted by molar-refractivity contribution is 5.93. The summed E-state index contributed by atoms with van der Waals surface area (Å²) in [7, 11) is 2.82. The van der Waals surface area contributed by atoms with Crippen molar-refractivity contribution in [2.24, 2.45) is 5.92 Å². The molecule has 3 N–H and O–H groups in total. The third-order valence-electron chi connectivity index (χ3n) is 6.18. The highest BCUT2D eigenvalue weighted by Crippen LogP contribution is 2.17. The van der Waals surface area contributed by atoms with Gasteiger partial charge in [0, 0.05) is 20.5 Å². The highest BCUT2D eigenvalue weighted by atomic mass is 16.6. The van der Waals surface area contributed by atoms with Crippen LogP contribution >= 0.6 is 0 Å². The lowest BCUT2D eigenvalue weighted by molar-refractivity contribution is -0.149. The first-order valence-corrected chi connectivity index (χ1v) is 12.4. The van der Waals surface area contributed by atoms with Gasteiger partial charge in [-0.05, 0) is 17.0 Å². The van der Waals surface area contributed by atoms with E-state index >= 15 is 0 Å². The number of carbonyl (C=O) groups excluding carboxylic acids is 3. The Morgan fingerprint density at radius 3 is 1.87 bits per heavy atom. The fraction of sp³-hybridized carbons (Fsp3) is 0.393. The number of hydrogen-bond donors (Lipinski definition) is 3. The molecule has 0 fully saturated rings. The van der Waals surface area contributed by atoms with Crippen molar-refractivity contribution in [1.82, 2.24) is 15.1 Å². The van der Waals surface area contributed by atoms with Crippen LogP contribution in [0.2, 0.25) is 0 Å². The lowest BCUT2D eigenvalue weighted by Gasteiger charge is -2.36. The van der Waals surface area contributed by atoms with Crippen molar-refractivity contribution in [3.8, 4) is 0 Å². The van der Waals surface area contributed by atoms with Gasteiger partial charge in [0.05, 0.1) is 6.42 Å². The quantitative estimate of drug-likeness (QED) is 0.349. The van der Waals surface area contributed by atoms with Gasteiger partial charge in [0.2, 0.25) is 11.8 Å². The largest absolute Gasteiger partial charge is 0.481 e. The van der Waals surface area contributed by atoms with Crippen LogP contribution in [0.1, 0.15) is 31.4 Å². The fourth-order valence-electron chi connectivity index (χ4n) is 4.11. The lowest BCUT2D eigenvalue weighted by Crippen LogP contribution is -2.58. The van der Waals surface area contributed by atoms with Crippen molar-refractivity contribution >= 4 is 29.8 Å². The van der Waals surface area contributed by atoms with E-state index in [0.29, 0.717) is 0 Å². The molecule has 0 unspecified atom stereocenters. The Labute approximate surface area is 227 Å². The number of carboxylic acid groups (broad SMARTS) is 2. The molecule has 210 valence electrons. The molecule has 0 heterocycles. The summed E-state index contributed by atoms with van der Waals surface area (Å²) in [6.45, 7) is 3.35. The van der Waals surface area contributed by atoms with Crippen molar-refractivity contribution in [3.63, 3.8) is 0 Å². The summed E-state index contributed by atoms with van der Waals surface area (Å²) in [6, 6.07) is 14.2. The molecule has 11 nitrogen and oxygen atoms in total. The van der Waals surface area contributed by atoms with Gasteiger partial charge in [0.1, 0.15) is 24.7 Å². The maximum atomic E-state index is 13.8. The Morgan fingerprint density at radius 1 is 0.846 bits per heavy atom. The zero-order valence-electron chi connectivity index (χ0n) is 22.4. The lowest BCUT2D eigenvalue weighted by atomic mass is 9.98. The number of aliphatic carboxylic acids is 2. The summed E-state index contributed by atoms with van der Waals surface area (Å²) in [5, 5.41) is 20.6. The van der Waals surface area contributed by atoms with Gasteiger partial charge in [0.25, 0.3) is 0 Å². The number of amides is 3. The molecule has 0 aliphatic heterocycles. The first-order chi connectivity index (χ1) is 18.4. The van der Waals surface area contributed by atoms with Crippen LogP contribution in [-0.4, -0.2) is 82.1 Å². The predicted octanol–water partition coefficient (Wildman–Crippen LogP) is 2.39. The maximum Gasteiger partial charge on any atom is 0.410 e. The van der Waals surface area contributed by atoms with E-state index in [1.807, 2.05) is 24.3 Å². The van der Waals surface area contributed by atoms with Crippen molar-refractivity contribution in [3.05, 3.63) is 71.8 Å². The molecule has 0 spiro atoms. The molecule has 2 rings (SSSR count). The Bertz CT molecular complexity index is 1140. The summed E-state index contributed by atoms with van der Waals surface area (Å²) in [6.07, 6.45) is -1.43. The molecule has 2 aromatic carbocycles. The molecular weight excluding hydrogens is 506 g/mol. The molecule has 3 amide bonds. The van der Waals surface area contributed by atoms with Crippen LogP contribution in [0.15, 0.2) is 60.7 Å². The van der Waals surface area contributed by atoms with Crippen LogP contribution < -0.4 is 5.32 Å². The molecule has 0 aliphatic carbocycles. The highest BCUT2D eigenvalue weighted by Gasteiger charge is 2.38. The molecule has 2 aromatic rings. The Hall–Kier alpha value is -4.41. The first kappa shape index (κ1) is 30.8. The summed E-state index contributed by atoms with van der Waals surface area (Å²) in [5.74, 6) is -4.76. The second-order valence-electron chi connectivity index (χ2n) is 9.49. The summed E-state index contributed by atoms with van der Waals surface area (Å²) >= 11 is 0. The second kappa shape index (κ2) is 14.5. The van der Waals surface area contributed by atoms with E-state index in [2.05, 4.69) is 5.32 Å². The summed E-state index contributed by atoms with van der Waals surface area (Å²) in [4.78, 5) is 64.8. The topological polar surface area (TPSA) is 154 Å². The number of nitrogens with zero attached hydrogens (tertiary/aromatic N) is 2. The van der Waals surface area contributed by atoms with E-state index in [-0.39, 0.29) is 13.0 Å². The van der Waals surface area contributed by atoms with Gasteiger partial charge >= 0.3 is 18.0 Å². The molecule has 0 aromatic heterocycles. The molecule has 0 radical (unpaired) electrons. The van der Waals surface area contributed by atoms with Crippen LogP contribution in [0.5, 0.6) is 0 Å². The van der Waals surface area contributed by atoms with Crippen molar-refractivity contribution in [2.45, 2.75) is 51.4 Å². The van der Waals surface area contributed by atoms with Crippen LogP contribution in [0.25, 0.3) is 0 Å². The Morgan fingerprint density at radius 2 is 1.38 bits per heavy atom. The maximum absolute atomic E-state index is 13.8. The molecule has 0 aliphatic rings. The van der Waals surface area contributed by atoms with E-state index in [1.54, 1.807) is 50.2 Å². The number of benzene rings is 2. The van der Waals surface area contributed by atoms with Crippen molar-refractivity contribution in [1.29, 1.82) is 0 Å². The number of carboxylic acids is 2. The minimum atomic E-state index is -1.67. The zero-order valence-corrected chi connectivity index (χ0v) is 22.4. The minimum Gasteiger partial charge on any atom is -0.481 e. The van der Waals surface area contributed by atoms with Gasteiger partial charge in [-0.25, -0.2) is 9.59 Å². The second-order valence-corrected chi connectivity index (χ2v) is 9.49. The zero-order chi connectivity index (χ0) is 29.1. The monoisotopic (exact) mass is 541 g/mol. The number of ether oxygens (including phenoxy) is 1. The van der Waals surface area contributed by atoms with Gasteiger partial charge < -0.3 is 25.2 Å². The molecule has 3 atom stereocenters. The van der Waals surface area contributed by atoms with Crippen LogP contribution in [-0.2, 0) is 36.9 Å². The summed E-state index contributed by atoms with van der Waals surface area (Å²) in [5.41, 5.74) is 1.54. The number of rotatable bonds is 13. The Kier molecular flexibility index (Phi) is 11.5. The number of nitrogens with one attached hydrogen (secondary N) is 1. The SMILES string of the molecule is CC(C)[C@@H](C(=O)N[C@@H](CC(=O)O)C(=O)O)N(C)C(=O)[C@H](Cc1ccccc1)N(C)C(=O)OCc1ccccc1. The van der Waals surface area contributed by atoms with E-state index in [9.17, 15) is 29.1 Å². The Balaban J connectivity index is 2.29. The average Bonchev–Trinajstić information content (AvgIpc) is 2.89. The van der Waals surface area contributed by atoms with Gasteiger partial charge in [-0.2, -0.15) is 0 Å². The summed E-state index contributed by atoms with van der Waals surface area (Å²) < 4.78 is 5.43. The van der Waals surface area contributed by atoms with E-state index < -0.39 is 60.3 Å². The fourth-order valence-corrected chi connectivity index (χ4v) is 4.11. The van der Waals surface area contributed by atoms with E-state index in [0.717, 1.165) is 16.0 Å². The molecule has 0 bridgehead atoms.